The minimum atomic E-state index is -0.513. The molecule has 0 saturated carbocycles. The molecule has 0 saturated heterocycles. The molecule has 158 valence electrons. The average molecular weight is 437 g/mol. The van der Waals surface area contributed by atoms with E-state index in [0.29, 0.717) is 21.6 Å². The number of nitrogens with zero attached hydrogens (tertiary/aromatic N) is 4. The van der Waals surface area contributed by atoms with E-state index in [1.807, 2.05) is 30.3 Å². The Morgan fingerprint density at radius 3 is 2.74 bits per heavy atom. The summed E-state index contributed by atoms with van der Waals surface area (Å²) in [5.74, 6) is -0.976. The second kappa shape index (κ2) is 8.52. The summed E-state index contributed by atoms with van der Waals surface area (Å²) >= 11 is 1.24. The number of hydrogen-bond donors (Lipinski definition) is 1. The molecule has 10 heteroatoms. The zero-order valence-electron chi connectivity index (χ0n) is 16.9. The quantitative estimate of drug-likeness (QED) is 0.465. The van der Waals surface area contributed by atoms with Gasteiger partial charge in [0.2, 0.25) is 5.91 Å². The molecule has 0 unspecified atom stereocenters. The van der Waals surface area contributed by atoms with Crippen molar-refractivity contribution < 1.29 is 14.3 Å². The first-order chi connectivity index (χ1) is 15.0. The van der Waals surface area contributed by atoms with Gasteiger partial charge >= 0.3 is 5.97 Å². The van der Waals surface area contributed by atoms with Gasteiger partial charge in [-0.2, -0.15) is 5.10 Å². The van der Waals surface area contributed by atoms with Gasteiger partial charge in [-0.3, -0.25) is 18.8 Å². The van der Waals surface area contributed by atoms with Gasteiger partial charge in [0.05, 0.1) is 18.5 Å². The molecule has 0 aliphatic rings. The van der Waals surface area contributed by atoms with Gasteiger partial charge in [-0.05, 0) is 18.6 Å². The number of aryl methyl sites for hydroxylation is 1. The minimum absolute atomic E-state index is 0.219. The molecule has 3 heterocycles. The Morgan fingerprint density at radius 2 is 2.00 bits per heavy atom. The van der Waals surface area contributed by atoms with Crippen LogP contribution in [0.3, 0.4) is 0 Å². The maximum atomic E-state index is 12.7. The molecular weight excluding hydrogens is 418 g/mol. The Balaban J connectivity index is 1.61. The van der Waals surface area contributed by atoms with E-state index in [9.17, 15) is 14.4 Å². The predicted octanol–water partition coefficient (Wildman–Crippen LogP) is 2.67. The molecule has 31 heavy (non-hydrogen) atoms. The Labute approximate surface area is 180 Å². The topological polar surface area (TPSA) is 108 Å². The van der Waals surface area contributed by atoms with E-state index in [4.69, 9.17) is 4.74 Å². The molecule has 0 aliphatic carbocycles. The van der Waals surface area contributed by atoms with Crippen molar-refractivity contribution in [3.63, 3.8) is 0 Å². The molecule has 0 spiro atoms. The molecular formula is C21H19N5O4S. The maximum Gasteiger partial charge on any atom is 0.350 e. The van der Waals surface area contributed by atoms with Crippen LogP contribution in [0.15, 0.2) is 53.7 Å². The van der Waals surface area contributed by atoms with Crippen molar-refractivity contribution in [2.24, 2.45) is 7.05 Å². The van der Waals surface area contributed by atoms with Gasteiger partial charge in [-0.1, -0.05) is 30.3 Å². The number of rotatable bonds is 6. The average Bonchev–Trinajstić information content (AvgIpc) is 3.35. The number of benzene rings is 1. The lowest BCUT2D eigenvalue weighted by Gasteiger charge is -2.08. The molecule has 0 radical (unpaired) electrons. The van der Waals surface area contributed by atoms with Gasteiger partial charge in [0, 0.05) is 11.9 Å². The SMILES string of the molecule is CCOC(=O)c1sc(-c2ccccc2)cc1NC(=O)Cn1cnc2c(cnn2C)c1=O. The van der Waals surface area contributed by atoms with Crippen molar-refractivity contribution in [2.45, 2.75) is 13.5 Å². The lowest BCUT2D eigenvalue weighted by Crippen LogP contribution is -2.28. The molecule has 0 bridgehead atoms. The van der Waals surface area contributed by atoms with Crippen LogP contribution in [-0.2, 0) is 23.1 Å². The summed E-state index contributed by atoms with van der Waals surface area (Å²) in [5, 5.41) is 7.07. The molecule has 1 N–H and O–H groups in total. The number of ether oxygens (including phenoxy) is 1. The van der Waals surface area contributed by atoms with Crippen LogP contribution in [0, 0.1) is 0 Å². The number of carbonyl (C=O) groups excluding carboxylic acids is 2. The van der Waals surface area contributed by atoms with E-state index in [2.05, 4.69) is 15.4 Å². The van der Waals surface area contributed by atoms with Crippen molar-refractivity contribution in [3.8, 4) is 10.4 Å². The van der Waals surface area contributed by atoms with E-state index in [1.54, 1.807) is 20.0 Å². The Bertz CT molecular complexity index is 1320. The van der Waals surface area contributed by atoms with Crippen molar-refractivity contribution in [3.05, 3.63) is 64.2 Å². The van der Waals surface area contributed by atoms with Gasteiger partial charge in [-0.15, -0.1) is 11.3 Å². The molecule has 4 rings (SSSR count). The fraction of sp³-hybridized carbons (Fsp3) is 0.190. The van der Waals surface area contributed by atoms with Crippen molar-refractivity contribution >= 4 is 39.9 Å². The number of thiophene rings is 1. The normalized spacial score (nSPS) is 10.9. The number of aromatic nitrogens is 4. The molecule has 4 aromatic rings. The zero-order valence-corrected chi connectivity index (χ0v) is 17.7. The number of hydrogen-bond acceptors (Lipinski definition) is 7. The second-order valence-corrected chi connectivity index (χ2v) is 7.72. The third-order valence-corrected chi connectivity index (χ3v) is 5.72. The lowest BCUT2D eigenvalue weighted by atomic mass is 10.2. The van der Waals surface area contributed by atoms with E-state index in [0.717, 1.165) is 10.4 Å². The predicted molar refractivity (Wildman–Crippen MR) is 117 cm³/mol. The number of anilines is 1. The van der Waals surface area contributed by atoms with Crippen molar-refractivity contribution in [1.82, 2.24) is 19.3 Å². The van der Waals surface area contributed by atoms with E-state index in [1.165, 1.54) is 33.1 Å². The molecule has 1 aromatic carbocycles. The van der Waals surface area contributed by atoms with Crippen LogP contribution in [0.4, 0.5) is 5.69 Å². The van der Waals surface area contributed by atoms with Gasteiger partial charge in [-0.25, -0.2) is 9.78 Å². The standard InChI is InChI=1S/C21H19N5O4S/c1-3-30-21(29)18-15(9-16(31-18)13-7-5-4-6-8-13)24-17(27)11-26-12-22-19-14(20(26)28)10-23-25(19)2/h4-10,12H,3,11H2,1-2H3,(H,24,27). The molecule has 0 aliphatic heterocycles. The van der Waals surface area contributed by atoms with E-state index < -0.39 is 11.9 Å². The summed E-state index contributed by atoms with van der Waals surface area (Å²) in [6.07, 6.45) is 2.73. The monoisotopic (exact) mass is 437 g/mol. The molecule has 3 aromatic heterocycles. The van der Waals surface area contributed by atoms with Gasteiger partial charge < -0.3 is 10.1 Å². The number of amides is 1. The zero-order chi connectivity index (χ0) is 22.0. The van der Waals surface area contributed by atoms with Crippen molar-refractivity contribution in [2.75, 3.05) is 11.9 Å². The summed E-state index contributed by atoms with van der Waals surface area (Å²) in [5.41, 5.74) is 1.34. The smallest absolute Gasteiger partial charge is 0.350 e. The summed E-state index contributed by atoms with van der Waals surface area (Å²) in [7, 11) is 1.68. The summed E-state index contributed by atoms with van der Waals surface area (Å²) in [6, 6.07) is 11.3. The number of carbonyl (C=O) groups is 2. The van der Waals surface area contributed by atoms with Crippen LogP contribution >= 0.6 is 11.3 Å². The highest BCUT2D eigenvalue weighted by Gasteiger charge is 2.20. The van der Waals surface area contributed by atoms with Crippen LogP contribution < -0.4 is 10.9 Å². The lowest BCUT2D eigenvalue weighted by molar-refractivity contribution is -0.116. The van der Waals surface area contributed by atoms with Crippen LogP contribution in [0.2, 0.25) is 0 Å². The van der Waals surface area contributed by atoms with E-state index >= 15 is 0 Å². The van der Waals surface area contributed by atoms with Crippen molar-refractivity contribution in [1.29, 1.82) is 0 Å². The maximum absolute atomic E-state index is 12.7. The van der Waals surface area contributed by atoms with Crippen LogP contribution in [0.25, 0.3) is 21.5 Å². The first kappa shape index (κ1) is 20.5. The largest absolute Gasteiger partial charge is 0.462 e. The first-order valence-corrected chi connectivity index (χ1v) is 10.3. The van der Waals surface area contributed by atoms with Crippen LogP contribution in [0.1, 0.15) is 16.6 Å². The highest BCUT2D eigenvalue weighted by Crippen LogP contribution is 2.35. The number of esters is 1. The molecule has 0 fully saturated rings. The molecule has 9 nitrogen and oxygen atoms in total. The van der Waals surface area contributed by atoms with Crippen LogP contribution in [-0.4, -0.2) is 37.8 Å². The molecule has 1 amide bonds. The molecule has 0 atom stereocenters. The van der Waals surface area contributed by atoms with E-state index in [-0.39, 0.29) is 18.7 Å². The summed E-state index contributed by atoms with van der Waals surface area (Å²) < 4.78 is 7.82. The second-order valence-electron chi connectivity index (χ2n) is 6.67. The highest BCUT2D eigenvalue weighted by molar-refractivity contribution is 7.18. The highest BCUT2D eigenvalue weighted by atomic mass is 32.1. The van der Waals surface area contributed by atoms with Gasteiger partial charge in [0.25, 0.3) is 5.56 Å². The van der Waals surface area contributed by atoms with Gasteiger partial charge in [0.15, 0.2) is 5.65 Å². The third-order valence-electron chi connectivity index (χ3n) is 4.56. The fourth-order valence-electron chi connectivity index (χ4n) is 3.10. The minimum Gasteiger partial charge on any atom is -0.462 e. The summed E-state index contributed by atoms with van der Waals surface area (Å²) in [4.78, 5) is 43.0. The Kier molecular flexibility index (Phi) is 5.63. The van der Waals surface area contributed by atoms with Crippen LogP contribution in [0.5, 0.6) is 0 Å². The first-order valence-electron chi connectivity index (χ1n) is 9.51. The van der Waals surface area contributed by atoms with Gasteiger partial charge in [0.1, 0.15) is 23.1 Å². The Morgan fingerprint density at radius 1 is 1.23 bits per heavy atom. The fourth-order valence-corrected chi connectivity index (χ4v) is 4.11. The Hall–Kier alpha value is -3.79. The number of nitrogens with one attached hydrogen (secondary N) is 1. The number of fused-ring (bicyclic) bond motifs is 1. The third kappa shape index (κ3) is 4.10. The summed E-state index contributed by atoms with van der Waals surface area (Å²) in [6.45, 7) is 1.68.